The number of benzene rings is 2. The predicted molar refractivity (Wildman–Crippen MR) is 85.2 cm³/mol. The number of halogens is 1. The van der Waals surface area contributed by atoms with Gasteiger partial charge in [0.05, 0.1) is 0 Å². The van der Waals surface area contributed by atoms with Gasteiger partial charge in [-0.2, -0.15) is 0 Å². The van der Waals surface area contributed by atoms with Crippen LogP contribution in [-0.2, 0) is 13.3 Å². The summed E-state index contributed by atoms with van der Waals surface area (Å²) in [5.74, 6) is 0.420. The van der Waals surface area contributed by atoms with Crippen molar-refractivity contribution in [3.63, 3.8) is 0 Å². The molecule has 20 heavy (non-hydrogen) atoms. The van der Waals surface area contributed by atoms with Crippen LogP contribution >= 0.6 is 15.9 Å². The van der Waals surface area contributed by atoms with Crippen LogP contribution in [0.15, 0.2) is 57.9 Å². The number of hydrogen-bond donors (Lipinski definition) is 0. The fourth-order valence-electron chi connectivity index (χ4n) is 1.73. The van der Waals surface area contributed by atoms with Crippen LogP contribution in [-0.4, -0.2) is 30.1 Å². The summed E-state index contributed by atoms with van der Waals surface area (Å²) in [6, 6.07) is 14.5. The van der Waals surface area contributed by atoms with Crippen LogP contribution in [0.2, 0.25) is 0 Å². The van der Waals surface area contributed by atoms with E-state index in [1.54, 1.807) is 24.3 Å². The summed E-state index contributed by atoms with van der Waals surface area (Å²) in [7, 11) is -1.75. The average Bonchev–Trinajstić information content (AvgIpc) is 2.46. The first-order chi connectivity index (χ1) is 9.54. The molecule has 0 saturated carbocycles. The predicted octanol–water partition coefficient (Wildman–Crippen LogP) is 2.78. The second-order valence-electron chi connectivity index (χ2n) is 4.07. The van der Waals surface area contributed by atoms with E-state index in [2.05, 4.69) is 15.9 Å². The number of methoxy groups -OCH3 is 1. The zero-order valence-electron chi connectivity index (χ0n) is 10.8. The third kappa shape index (κ3) is 3.66. The normalized spacial score (nSPS) is 11.9. The van der Waals surface area contributed by atoms with E-state index in [9.17, 15) is 8.42 Å². The first-order valence-corrected chi connectivity index (χ1v) is 12.2. The van der Waals surface area contributed by atoms with Gasteiger partial charge >= 0.3 is 133 Å². The summed E-state index contributed by atoms with van der Waals surface area (Å²) in [5, 5.41) is 0.585. The molecule has 0 heterocycles. The molecule has 0 spiro atoms. The molecule has 0 radical (unpaired) electrons. The van der Waals surface area contributed by atoms with Gasteiger partial charge in [0.15, 0.2) is 0 Å². The Balaban J connectivity index is 2.22. The van der Waals surface area contributed by atoms with Crippen molar-refractivity contribution in [2.45, 2.75) is 10.1 Å². The van der Waals surface area contributed by atoms with Crippen molar-refractivity contribution in [2.75, 3.05) is 7.11 Å². The molecule has 2 rings (SSSR count). The third-order valence-corrected chi connectivity index (χ3v) is 10.5. The van der Waals surface area contributed by atoms with Crippen molar-refractivity contribution < 1.29 is 13.2 Å². The summed E-state index contributed by atoms with van der Waals surface area (Å²) >= 11 is 2.24. The maximum absolute atomic E-state index is 12.5. The fraction of sp³-hybridized carbons (Fsp3) is 0.143. The molecule has 1 atom stereocenters. The number of hydrogen-bond acceptors (Lipinski definition) is 3. The Morgan fingerprint density at radius 2 is 1.75 bits per heavy atom. The number of para-hydroxylation sites is 1. The monoisotopic (exact) mass is 416 g/mol. The Morgan fingerprint density at radius 1 is 1.10 bits per heavy atom. The molecule has 0 bridgehead atoms. The molecule has 0 N–H and O–H groups in total. The average molecular weight is 417 g/mol. The van der Waals surface area contributed by atoms with Gasteiger partial charge in [0, 0.05) is 0 Å². The molecule has 2 aromatic carbocycles. The molecule has 0 saturated heterocycles. The van der Waals surface area contributed by atoms with E-state index in [-0.39, 0.29) is 0 Å². The summed E-state index contributed by atoms with van der Waals surface area (Å²) in [5.41, 5.74) is 1.03. The minimum absolute atomic E-state index is 0.301. The van der Waals surface area contributed by atoms with Gasteiger partial charge in [-0.1, -0.05) is 0 Å². The van der Waals surface area contributed by atoms with Gasteiger partial charge < -0.3 is 0 Å². The Bertz CT molecular complexity index is 701. The first-order valence-electron chi connectivity index (χ1n) is 5.90. The standard InChI is InChI=1S/C14H14AsBrO3S/c1-19-13-8-4-5-9-14(13)20(17,18)15-10-11-6-2-3-7-12(11)16/h2-9,15H,10H2,1H3. The SMILES string of the molecule is COc1ccccc1S(=O)(=O)[AsH]Cc1ccccc1Br. The second-order valence-corrected chi connectivity index (χ2v) is 12.6. The molecule has 0 aliphatic rings. The molecule has 0 aromatic heterocycles. The van der Waals surface area contributed by atoms with Crippen LogP contribution in [0.3, 0.4) is 0 Å². The summed E-state index contributed by atoms with van der Waals surface area (Å²) < 4.78 is 31.0. The summed E-state index contributed by atoms with van der Waals surface area (Å²) in [6.45, 7) is 0. The van der Waals surface area contributed by atoms with E-state index in [4.69, 9.17) is 4.74 Å². The molecule has 0 aliphatic carbocycles. The van der Waals surface area contributed by atoms with E-state index in [1.807, 2.05) is 24.3 Å². The molecular weight excluding hydrogens is 403 g/mol. The summed E-state index contributed by atoms with van der Waals surface area (Å²) in [6.07, 6.45) is 0. The van der Waals surface area contributed by atoms with Gasteiger partial charge in [0.2, 0.25) is 0 Å². The molecule has 0 amide bonds. The molecule has 0 aliphatic heterocycles. The van der Waals surface area contributed by atoms with Gasteiger partial charge in [0.1, 0.15) is 0 Å². The van der Waals surface area contributed by atoms with E-state index in [0.717, 1.165) is 10.0 Å². The molecule has 2 aromatic rings. The van der Waals surface area contributed by atoms with Crippen molar-refractivity contribution in [3.8, 4) is 5.75 Å². The van der Waals surface area contributed by atoms with Crippen LogP contribution in [0, 0.1) is 0 Å². The van der Waals surface area contributed by atoms with Crippen LogP contribution < -0.4 is 4.74 Å². The third-order valence-electron chi connectivity index (χ3n) is 2.77. The van der Waals surface area contributed by atoms with Crippen LogP contribution in [0.4, 0.5) is 0 Å². The quantitative estimate of drug-likeness (QED) is 0.704. The van der Waals surface area contributed by atoms with Gasteiger partial charge in [-0.05, 0) is 0 Å². The van der Waals surface area contributed by atoms with Crippen molar-refractivity contribution >= 4 is 38.6 Å². The fourth-order valence-corrected chi connectivity index (χ4v) is 8.74. The Kier molecular flexibility index (Phi) is 5.30. The van der Waals surface area contributed by atoms with Crippen molar-refractivity contribution in [1.82, 2.24) is 0 Å². The zero-order chi connectivity index (χ0) is 14.6. The Morgan fingerprint density at radius 3 is 2.45 bits per heavy atom. The van der Waals surface area contributed by atoms with Crippen LogP contribution in [0.1, 0.15) is 5.56 Å². The van der Waals surface area contributed by atoms with Gasteiger partial charge in [0.25, 0.3) is 0 Å². The molecule has 6 heteroatoms. The van der Waals surface area contributed by atoms with E-state index in [1.165, 1.54) is 7.11 Å². The zero-order valence-corrected chi connectivity index (χ0v) is 15.3. The summed E-state index contributed by atoms with van der Waals surface area (Å²) in [4.78, 5) is 0.301. The minimum atomic E-state index is -3.24. The van der Waals surface area contributed by atoms with E-state index in [0.29, 0.717) is 15.9 Å². The van der Waals surface area contributed by atoms with Crippen molar-refractivity contribution in [1.29, 1.82) is 0 Å². The first kappa shape index (κ1) is 15.6. The van der Waals surface area contributed by atoms with Crippen molar-refractivity contribution in [2.24, 2.45) is 0 Å². The van der Waals surface area contributed by atoms with Gasteiger partial charge in [-0.25, -0.2) is 0 Å². The molecule has 106 valence electrons. The number of rotatable bonds is 5. The van der Waals surface area contributed by atoms with E-state index >= 15 is 0 Å². The number of ether oxygens (including phenoxy) is 1. The van der Waals surface area contributed by atoms with Crippen molar-refractivity contribution in [3.05, 3.63) is 58.6 Å². The topological polar surface area (TPSA) is 43.4 Å². The van der Waals surface area contributed by atoms with E-state index < -0.39 is 22.7 Å². The molecular formula is C14H14AsBrO3S. The Hall–Kier alpha value is -0.772. The van der Waals surface area contributed by atoms with Gasteiger partial charge in [-0.3, -0.25) is 0 Å². The molecule has 3 nitrogen and oxygen atoms in total. The molecule has 0 fully saturated rings. The van der Waals surface area contributed by atoms with Crippen LogP contribution in [0.5, 0.6) is 5.75 Å². The second kappa shape index (κ2) is 6.79. The maximum atomic E-state index is 12.5. The Labute approximate surface area is 133 Å². The van der Waals surface area contributed by atoms with Crippen LogP contribution in [0.25, 0.3) is 0 Å². The molecule has 1 unspecified atom stereocenters. The van der Waals surface area contributed by atoms with Gasteiger partial charge in [-0.15, -0.1) is 0 Å².